The molecule has 0 spiro atoms. The molecule has 0 aliphatic carbocycles. The highest BCUT2D eigenvalue weighted by atomic mass is 35.5. The van der Waals surface area contributed by atoms with Gasteiger partial charge in [-0.3, -0.25) is 0 Å². The summed E-state index contributed by atoms with van der Waals surface area (Å²) in [7, 11) is 0. The highest BCUT2D eigenvalue weighted by Crippen LogP contribution is 2.24. The lowest BCUT2D eigenvalue weighted by atomic mass is 10.1. The first-order chi connectivity index (χ1) is 9.10. The molecule has 0 bridgehead atoms. The van der Waals surface area contributed by atoms with Crippen LogP contribution in [0.3, 0.4) is 0 Å². The molecule has 0 aliphatic heterocycles. The number of aryl methyl sites for hydroxylation is 1. The van der Waals surface area contributed by atoms with E-state index in [-0.39, 0.29) is 0 Å². The number of carboxylic acids is 1. The Morgan fingerprint density at radius 1 is 1.47 bits per heavy atom. The van der Waals surface area contributed by atoms with E-state index in [1.807, 2.05) is 12.8 Å². The van der Waals surface area contributed by atoms with Crippen LogP contribution in [0.25, 0.3) is 11.5 Å². The lowest BCUT2D eigenvalue weighted by molar-refractivity contribution is -0.130. The molecule has 0 radical (unpaired) electrons. The van der Waals surface area contributed by atoms with Crippen LogP contribution < -0.4 is 0 Å². The van der Waals surface area contributed by atoms with Gasteiger partial charge in [-0.25, -0.2) is 4.79 Å². The highest BCUT2D eigenvalue weighted by Gasteiger charge is 2.09. The van der Waals surface area contributed by atoms with Crippen molar-refractivity contribution in [2.75, 3.05) is 0 Å². The zero-order valence-electron chi connectivity index (χ0n) is 9.98. The van der Waals surface area contributed by atoms with Crippen molar-refractivity contribution >= 4 is 17.6 Å². The van der Waals surface area contributed by atoms with Crippen LogP contribution in [0.1, 0.15) is 18.4 Å². The molecule has 1 heterocycles. The van der Waals surface area contributed by atoms with Crippen molar-refractivity contribution in [1.82, 2.24) is 10.2 Å². The minimum Gasteiger partial charge on any atom is -0.472 e. The van der Waals surface area contributed by atoms with Crippen molar-refractivity contribution in [3.63, 3.8) is 0 Å². The minimum atomic E-state index is -1.20. The lowest BCUT2D eigenvalue weighted by Crippen LogP contribution is -1.88. The molecule has 0 fully saturated rings. The predicted octanol–water partition coefficient (Wildman–Crippen LogP) is 2.39. The highest BCUT2D eigenvalue weighted by molar-refractivity contribution is 6.32. The molecule has 1 aromatic heterocycles. The molecular weight excluding hydrogens is 268 g/mol. The molecule has 0 unspecified atom stereocenters. The fraction of sp³-hybridized carbons (Fsp3) is 0.154. The van der Waals surface area contributed by atoms with Crippen molar-refractivity contribution in [2.24, 2.45) is 0 Å². The molecule has 0 amide bonds. The zero-order chi connectivity index (χ0) is 13.8. The first-order valence-electron chi connectivity index (χ1n) is 5.47. The minimum absolute atomic E-state index is 0.336. The second-order valence-electron chi connectivity index (χ2n) is 3.60. The fourth-order valence-corrected chi connectivity index (χ4v) is 1.61. The average Bonchev–Trinajstić information content (AvgIpc) is 2.85. The third-order valence-corrected chi connectivity index (χ3v) is 2.60. The van der Waals surface area contributed by atoms with Crippen LogP contribution in [0.2, 0.25) is 5.02 Å². The SMILES string of the molecule is CCc1nnc(-c2ccc(C#CC(=O)O)c(Cl)c2)o1. The molecule has 6 heteroatoms. The molecule has 0 atom stereocenters. The van der Waals surface area contributed by atoms with Gasteiger partial charge in [0.15, 0.2) is 0 Å². The van der Waals surface area contributed by atoms with Gasteiger partial charge in [0.25, 0.3) is 0 Å². The Morgan fingerprint density at radius 3 is 2.84 bits per heavy atom. The Morgan fingerprint density at radius 2 is 2.26 bits per heavy atom. The summed E-state index contributed by atoms with van der Waals surface area (Å²) in [5.74, 6) is 4.18. The monoisotopic (exact) mass is 276 g/mol. The number of rotatable bonds is 2. The van der Waals surface area contributed by atoms with E-state index in [2.05, 4.69) is 16.1 Å². The number of aromatic nitrogens is 2. The molecular formula is C13H9ClN2O3. The summed E-state index contributed by atoms with van der Waals surface area (Å²) < 4.78 is 5.40. The molecule has 0 saturated heterocycles. The van der Waals surface area contributed by atoms with Crippen LogP contribution in [-0.4, -0.2) is 21.3 Å². The van der Waals surface area contributed by atoms with Gasteiger partial charge >= 0.3 is 5.97 Å². The Hall–Kier alpha value is -2.32. The lowest BCUT2D eigenvalue weighted by Gasteiger charge is -1.98. The molecule has 2 aromatic rings. The smallest absolute Gasteiger partial charge is 0.382 e. The maximum absolute atomic E-state index is 10.4. The third-order valence-electron chi connectivity index (χ3n) is 2.29. The van der Waals surface area contributed by atoms with E-state index in [0.717, 1.165) is 0 Å². The van der Waals surface area contributed by atoms with Crippen molar-refractivity contribution in [1.29, 1.82) is 0 Å². The van der Waals surface area contributed by atoms with Crippen LogP contribution in [0.4, 0.5) is 0 Å². The van der Waals surface area contributed by atoms with Gasteiger partial charge < -0.3 is 9.52 Å². The van der Waals surface area contributed by atoms with E-state index >= 15 is 0 Å². The molecule has 1 N–H and O–H groups in total. The average molecular weight is 277 g/mol. The molecule has 5 nitrogen and oxygen atoms in total. The van der Waals surface area contributed by atoms with Crippen molar-refractivity contribution in [3.8, 4) is 23.3 Å². The number of carbonyl (C=O) groups is 1. The number of hydrogen-bond acceptors (Lipinski definition) is 4. The van der Waals surface area contributed by atoms with Gasteiger partial charge in [-0.15, -0.1) is 10.2 Å². The maximum Gasteiger partial charge on any atom is 0.382 e. The summed E-state index contributed by atoms with van der Waals surface area (Å²) >= 11 is 6.02. The maximum atomic E-state index is 10.4. The van der Waals surface area contributed by atoms with E-state index in [4.69, 9.17) is 21.1 Å². The van der Waals surface area contributed by atoms with E-state index in [1.54, 1.807) is 18.2 Å². The van der Waals surface area contributed by atoms with Gasteiger partial charge in [0.1, 0.15) is 0 Å². The summed E-state index contributed by atoms with van der Waals surface area (Å²) in [6, 6.07) is 4.93. The van der Waals surface area contributed by atoms with Crippen LogP contribution in [-0.2, 0) is 11.2 Å². The molecule has 19 heavy (non-hydrogen) atoms. The Labute approximate surface area is 114 Å². The quantitative estimate of drug-likeness (QED) is 0.852. The van der Waals surface area contributed by atoms with Crippen LogP contribution in [0, 0.1) is 11.8 Å². The molecule has 1 aromatic carbocycles. The molecule has 2 rings (SSSR count). The van der Waals surface area contributed by atoms with Gasteiger partial charge in [0.2, 0.25) is 11.8 Å². The Bertz CT molecular complexity index is 683. The van der Waals surface area contributed by atoms with E-state index in [9.17, 15) is 4.79 Å². The largest absolute Gasteiger partial charge is 0.472 e. The topological polar surface area (TPSA) is 76.2 Å². The second kappa shape index (κ2) is 5.55. The molecule has 0 aliphatic rings. The summed E-state index contributed by atoms with van der Waals surface area (Å²) in [5.41, 5.74) is 1.10. The zero-order valence-corrected chi connectivity index (χ0v) is 10.7. The van der Waals surface area contributed by atoms with Crippen LogP contribution in [0.5, 0.6) is 0 Å². The summed E-state index contributed by atoms with van der Waals surface area (Å²) in [6.07, 6.45) is 0.656. The number of halogens is 1. The normalized spacial score (nSPS) is 9.79. The van der Waals surface area contributed by atoms with Crippen molar-refractivity contribution in [3.05, 3.63) is 34.7 Å². The van der Waals surface area contributed by atoms with E-state index < -0.39 is 5.97 Å². The first-order valence-corrected chi connectivity index (χ1v) is 5.85. The second-order valence-corrected chi connectivity index (χ2v) is 4.01. The fourth-order valence-electron chi connectivity index (χ4n) is 1.38. The number of aliphatic carboxylic acids is 1. The van der Waals surface area contributed by atoms with Gasteiger partial charge in [-0.1, -0.05) is 24.4 Å². The summed E-state index contributed by atoms with van der Waals surface area (Å²) in [4.78, 5) is 10.4. The van der Waals surface area contributed by atoms with Gasteiger partial charge in [-0.2, -0.15) is 0 Å². The number of hydrogen-bond donors (Lipinski definition) is 1. The predicted molar refractivity (Wildman–Crippen MR) is 68.6 cm³/mol. The number of nitrogens with zero attached hydrogens (tertiary/aromatic N) is 2. The standard InChI is InChI=1S/C13H9ClN2O3/c1-2-11-15-16-13(19-11)9-4-3-8(10(14)7-9)5-6-12(17)18/h3-4,7H,2H2,1H3,(H,17,18). The first kappa shape index (κ1) is 13.1. The summed E-state index contributed by atoms with van der Waals surface area (Å²) in [6.45, 7) is 1.91. The van der Waals surface area contributed by atoms with Crippen molar-refractivity contribution in [2.45, 2.75) is 13.3 Å². The Kier molecular flexibility index (Phi) is 3.83. The van der Waals surface area contributed by atoms with Crippen LogP contribution >= 0.6 is 11.6 Å². The van der Waals surface area contributed by atoms with Gasteiger partial charge in [0.05, 0.1) is 5.02 Å². The van der Waals surface area contributed by atoms with Gasteiger partial charge in [-0.05, 0) is 18.2 Å². The third kappa shape index (κ3) is 3.12. The van der Waals surface area contributed by atoms with E-state index in [1.165, 1.54) is 0 Å². The summed E-state index contributed by atoms with van der Waals surface area (Å²) in [5, 5.41) is 16.6. The number of carboxylic acid groups (broad SMARTS) is 1. The van der Waals surface area contributed by atoms with Gasteiger partial charge in [0, 0.05) is 23.5 Å². The van der Waals surface area contributed by atoms with Crippen LogP contribution in [0.15, 0.2) is 22.6 Å². The number of benzene rings is 1. The Balaban J connectivity index is 2.34. The molecule has 0 saturated carbocycles. The van der Waals surface area contributed by atoms with Crippen molar-refractivity contribution < 1.29 is 14.3 Å². The molecule has 96 valence electrons. The van der Waals surface area contributed by atoms with E-state index in [0.29, 0.717) is 34.4 Å².